The van der Waals surface area contributed by atoms with E-state index in [1.165, 1.54) is 41.5 Å². The number of fused-ring (bicyclic) bond motifs is 5. The number of aliphatic hydroxyl groups is 1. The lowest BCUT2D eigenvalue weighted by Crippen LogP contribution is -2.31. The molecule has 2 atom stereocenters. The second-order valence-corrected chi connectivity index (χ2v) is 7.23. The van der Waals surface area contributed by atoms with Crippen molar-refractivity contribution in [3.8, 4) is 0 Å². The summed E-state index contributed by atoms with van der Waals surface area (Å²) in [5.41, 5.74) is 5.13. The first-order valence-electron chi connectivity index (χ1n) is 9.25. The number of nitrogens with zero attached hydrogens (tertiary/aromatic N) is 3. The second kappa shape index (κ2) is 6.86. The summed E-state index contributed by atoms with van der Waals surface area (Å²) in [7, 11) is 0. The van der Waals surface area contributed by atoms with Gasteiger partial charge in [-0.15, -0.1) is 0 Å². The summed E-state index contributed by atoms with van der Waals surface area (Å²) >= 11 is 0. The fourth-order valence-corrected chi connectivity index (χ4v) is 4.77. The van der Waals surface area contributed by atoms with E-state index in [2.05, 4.69) is 38.7 Å². The minimum Gasteiger partial charge on any atom is -0.387 e. The molecule has 2 aliphatic heterocycles. The van der Waals surface area contributed by atoms with Crippen LogP contribution in [-0.2, 0) is 13.0 Å². The molecular formula is C22H27N3O. The van der Waals surface area contributed by atoms with Gasteiger partial charge in [-0.1, -0.05) is 25.6 Å². The Labute approximate surface area is 155 Å². The number of rotatable bonds is 3. The number of aromatic nitrogens is 2. The molecule has 0 aliphatic carbocycles. The zero-order valence-corrected chi connectivity index (χ0v) is 14.3. The molecular weight excluding hydrogens is 322 g/mol. The third kappa shape index (κ3) is 2.65. The average molecular weight is 349 g/mol. The van der Waals surface area contributed by atoms with Crippen LogP contribution in [0.5, 0.6) is 0 Å². The zero-order chi connectivity index (χ0) is 16.8. The summed E-state index contributed by atoms with van der Waals surface area (Å²) in [6, 6.07) is 13.1. The molecule has 1 saturated heterocycles. The molecule has 1 fully saturated rings. The fourth-order valence-electron chi connectivity index (χ4n) is 4.77. The van der Waals surface area contributed by atoms with Gasteiger partial charge in [-0.2, -0.15) is 0 Å². The van der Waals surface area contributed by atoms with Gasteiger partial charge >= 0.3 is 0 Å². The van der Waals surface area contributed by atoms with Crippen molar-refractivity contribution in [2.24, 2.45) is 0 Å². The van der Waals surface area contributed by atoms with E-state index in [4.69, 9.17) is 0 Å². The van der Waals surface area contributed by atoms with E-state index in [1.807, 2.05) is 12.1 Å². The smallest absolute Gasteiger partial charge is 0.0970 e. The van der Waals surface area contributed by atoms with Crippen molar-refractivity contribution in [3.63, 3.8) is 0 Å². The molecule has 136 valence electrons. The van der Waals surface area contributed by atoms with Gasteiger partial charge in [0.2, 0.25) is 0 Å². The number of aliphatic hydroxyl groups excluding tert-OH is 1. The Morgan fingerprint density at radius 1 is 1.12 bits per heavy atom. The minimum absolute atomic E-state index is 0. The van der Waals surface area contributed by atoms with E-state index in [9.17, 15) is 5.11 Å². The lowest BCUT2D eigenvalue weighted by molar-refractivity contribution is 0.155. The third-order valence-corrected chi connectivity index (χ3v) is 5.90. The van der Waals surface area contributed by atoms with Crippen LogP contribution in [0.2, 0.25) is 0 Å². The van der Waals surface area contributed by atoms with Gasteiger partial charge in [0, 0.05) is 48.0 Å². The molecule has 0 radical (unpaired) electrons. The Hall–Kier alpha value is -2.17. The number of hydrogen-bond donors (Lipinski definition) is 1. The van der Waals surface area contributed by atoms with Gasteiger partial charge < -0.3 is 9.67 Å². The van der Waals surface area contributed by atoms with E-state index in [0.29, 0.717) is 12.6 Å². The van der Waals surface area contributed by atoms with Gasteiger partial charge in [-0.25, -0.2) is 0 Å². The van der Waals surface area contributed by atoms with Gasteiger partial charge in [0.05, 0.1) is 12.6 Å². The first kappa shape index (κ1) is 17.3. The third-order valence-electron chi connectivity index (χ3n) is 5.90. The van der Waals surface area contributed by atoms with Crippen LogP contribution in [0, 0.1) is 0 Å². The molecule has 2 aliphatic rings. The molecule has 26 heavy (non-hydrogen) atoms. The summed E-state index contributed by atoms with van der Waals surface area (Å²) < 4.78 is 2.37. The molecule has 0 spiro atoms. The fraction of sp³-hybridized carbons (Fsp3) is 0.409. The van der Waals surface area contributed by atoms with Crippen molar-refractivity contribution in [2.45, 2.75) is 45.4 Å². The standard InChI is InChI=1S/C21H23N3O.CH4/c25-20(15-7-10-22-11-8-15)14-24-17-5-2-1-4-16(17)21-18-6-3-12-23(18)13-9-19(21)24;/h1-2,4-5,7-8,10-11,18,20,25H,3,6,9,12-14H2;1H4. The summed E-state index contributed by atoms with van der Waals surface area (Å²) in [5, 5.41) is 12.2. The molecule has 0 bridgehead atoms. The normalized spacial score (nSPS) is 20.4. The lowest BCUT2D eigenvalue weighted by atomic mass is 9.96. The van der Waals surface area contributed by atoms with Crippen LogP contribution in [0.4, 0.5) is 0 Å². The van der Waals surface area contributed by atoms with Crippen LogP contribution in [0.1, 0.15) is 49.2 Å². The molecule has 1 N–H and O–H groups in total. The Kier molecular flexibility index (Phi) is 4.55. The average Bonchev–Trinajstić information content (AvgIpc) is 3.25. The van der Waals surface area contributed by atoms with Crippen LogP contribution in [-0.4, -0.2) is 32.6 Å². The van der Waals surface area contributed by atoms with Crippen molar-refractivity contribution in [1.29, 1.82) is 0 Å². The zero-order valence-electron chi connectivity index (χ0n) is 14.3. The highest BCUT2D eigenvalue weighted by Crippen LogP contribution is 2.43. The number of hydrogen-bond acceptors (Lipinski definition) is 3. The summed E-state index contributed by atoms with van der Waals surface area (Å²) in [5.74, 6) is 0. The number of benzene rings is 1. The van der Waals surface area contributed by atoms with Crippen LogP contribution >= 0.6 is 0 Å². The number of para-hydroxylation sites is 1. The molecule has 4 heterocycles. The van der Waals surface area contributed by atoms with E-state index >= 15 is 0 Å². The van der Waals surface area contributed by atoms with Crippen molar-refractivity contribution >= 4 is 10.9 Å². The van der Waals surface area contributed by atoms with Crippen molar-refractivity contribution in [2.75, 3.05) is 13.1 Å². The SMILES string of the molecule is C.OC(Cn1c2c(c3ccccc31)C1CCCN1CC2)c1ccncc1. The maximum Gasteiger partial charge on any atom is 0.0970 e. The predicted octanol–water partition coefficient (Wildman–Crippen LogP) is 4.10. The molecule has 1 aromatic carbocycles. The Morgan fingerprint density at radius 3 is 2.77 bits per heavy atom. The summed E-state index contributed by atoms with van der Waals surface area (Å²) in [6.07, 6.45) is 6.61. The Balaban J connectivity index is 0.00000168. The highest BCUT2D eigenvalue weighted by atomic mass is 16.3. The predicted molar refractivity (Wildman–Crippen MR) is 105 cm³/mol. The second-order valence-electron chi connectivity index (χ2n) is 7.23. The monoisotopic (exact) mass is 349 g/mol. The van der Waals surface area contributed by atoms with Crippen molar-refractivity contribution < 1.29 is 5.11 Å². The van der Waals surface area contributed by atoms with Gasteiger partial charge in [0.15, 0.2) is 0 Å². The Morgan fingerprint density at radius 2 is 1.92 bits per heavy atom. The highest BCUT2D eigenvalue weighted by molar-refractivity contribution is 5.86. The highest BCUT2D eigenvalue weighted by Gasteiger charge is 2.35. The molecule has 0 amide bonds. The number of pyridine rings is 1. The largest absolute Gasteiger partial charge is 0.387 e. The van der Waals surface area contributed by atoms with E-state index in [1.54, 1.807) is 12.4 Å². The first-order chi connectivity index (χ1) is 12.3. The first-order valence-corrected chi connectivity index (χ1v) is 9.25. The van der Waals surface area contributed by atoms with Crippen LogP contribution in [0.3, 0.4) is 0 Å². The molecule has 4 nitrogen and oxygen atoms in total. The van der Waals surface area contributed by atoms with Crippen molar-refractivity contribution in [1.82, 2.24) is 14.5 Å². The van der Waals surface area contributed by atoms with Gasteiger partial charge in [0.25, 0.3) is 0 Å². The van der Waals surface area contributed by atoms with Crippen LogP contribution in [0.25, 0.3) is 10.9 Å². The quantitative estimate of drug-likeness (QED) is 0.774. The molecule has 4 heteroatoms. The van der Waals surface area contributed by atoms with Crippen LogP contribution < -0.4 is 0 Å². The Bertz CT molecular complexity index is 902. The molecule has 0 saturated carbocycles. The maximum absolute atomic E-state index is 10.8. The topological polar surface area (TPSA) is 41.3 Å². The van der Waals surface area contributed by atoms with E-state index in [-0.39, 0.29) is 7.43 Å². The summed E-state index contributed by atoms with van der Waals surface area (Å²) in [6.45, 7) is 2.97. The maximum atomic E-state index is 10.8. The van der Waals surface area contributed by atoms with E-state index in [0.717, 1.165) is 18.5 Å². The minimum atomic E-state index is -0.510. The lowest BCUT2D eigenvalue weighted by Gasteiger charge is -2.31. The molecule has 2 unspecified atom stereocenters. The molecule has 2 aromatic heterocycles. The van der Waals surface area contributed by atoms with Gasteiger partial charge in [-0.05, 0) is 48.7 Å². The van der Waals surface area contributed by atoms with Gasteiger partial charge in [-0.3, -0.25) is 9.88 Å². The van der Waals surface area contributed by atoms with E-state index < -0.39 is 6.10 Å². The molecule has 5 rings (SSSR count). The van der Waals surface area contributed by atoms with Crippen LogP contribution in [0.15, 0.2) is 48.8 Å². The molecule has 3 aromatic rings. The summed E-state index contributed by atoms with van der Waals surface area (Å²) in [4.78, 5) is 6.70. The van der Waals surface area contributed by atoms with Crippen molar-refractivity contribution in [3.05, 3.63) is 65.6 Å². The van der Waals surface area contributed by atoms with Gasteiger partial charge in [0.1, 0.15) is 0 Å².